The molecule has 1 saturated carbocycles. The highest BCUT2D eigenvalue weighted by atomic mass is 16.1. The summed E-state index contributed by atoms with van der Waals surface area (Å²) in [4.78, 5) is 11.9. The third-order valence-electron chi connectivity index (χ3n) is 3.39. The molecule has 1 fully saturated rings. The number of ketones is 1. The molecule has 15 heavy (non-hydrogen) atoms. The van der Waals surface area contributed by atoms with E-state index in [1.807, 2.05) is 20.8 Å². The minimum Gasteiger partial charge on any atom is -0.321 e. The van der Waals surface area contributed by atoms with Gasteiger partial charge in [0.05, 0.1) is 6.04 Å². The molecule has 0 aliphatic heterocycles. The third-order valence-corrected chi connectivity index (χ3v) is 3.39. The van der Waals surface area contributed by atoms with Crippen LogP contribution in [0.3, 0.4) is 0 Å². The number of hydrogen-bond acceptors (Lipinski definition) is 2. The fraction of sp³-hybridized carbons (Fsp3) is 0.923. The van der Waals surface area contributed by atoms with Crippen LogP contribution in [0.25, 0.3) is 0 Å². The van der Waals surface area contributed by atoms with Crippen molar-refractivity contribution in [3.63, 3.8) is 0 Å². The van der Waals surface area contributed by atoms with Gasteiger partial charge in [-0.2, -0.15) is 0 Å². The van der Waals surface area contributed by atoms with Crippen molar-refractivity contribution in [1.82, 2.24) is 0 Å². The van der Waals surface area contributed by atoms with E-state index in [4.69, 9.17) is 5.73 Å². The van der Waals surface area contributed by atoms with Crippen LogP contribution in [0.2, 0.25) is 0 Å². The minimum atomic E-state index is -0.284. The predicted molar refractivity (Wildman–Crippen MR) is 63.6 cm³/mol. The Kier molecular flexibility index (Phi) is 4.32. The quantitative estimate of drug-likeness (QED) is 0.780. The molecule has 0 aromatic carbocycles. The Labute approximate surface area is 93.6 Å². The van der Waals surface area contributed by atoms with Gasteiger partial charge in [-0.05, 0) is 12.3 Å². The van der Waals surface area contributed by atoms with Gasteiger partial charge in [0.1, 0.15) is 0 Å². The van der Waals surface area contributed by atoms with Crippen molar-refractivity contribution in [3.05, 3.63) is 0 Å². The first kappa shape index (κ1) is 12.7. The largest absolute Gasteiger partial charge is 0.321 e. The van der Waals surface area contributed by atoms with E-state index in [2.05, 4.69) is 0 Å². The number of carbonyl (C=O) groups is 1. The number of nitrogens with two attached hydrogens (primary N) is 1. The maximum atomic E-state index is 11.9. The van der Waals surface area contributed by atoms with Gasteiger partial charge in [-0.1, -0.05) is 52.9 Å². The molecule has 1 atom stereocenters. The van der Waals surface area contributed by atoms with Gasteiger partial charge in [-0.3, -0.25) is 4.79 Å². The Morgan fingerprint density at radius 3 is 2.27 bits per heavy atom. The first-order valence-electron chi connectivity index (χ1n) is 6.21. The summed E-state index contributed by atoms with van der Waals surface area (Å²) in [5.74, 6) is 0.910. The Bertz CT molecular complexity index is 211. The average Bonchev–Trinajstić information content (AvgIpc) is 2.16. The van der Waals surface area contributed by atoms with Crippen molar-refractivity contribution in [2.45, 2.75) is 65.3 Å². The molecular weight excluding hydrogens is 186 g/mol. The molecule has 88 valence electrons. The molecule has 0 saturated heterocycles. The fourth-order valence-corrected chi connectivity index (χ4v) is 2.45. The molecule has 1 rings (SSSR count). The lowest BCUT2D eigenvalue weighted by Gasteiger charge is -2.27. The monoisotopic (exact) mass is 211 g/mol. The van der Waals surface area contributed by atoms with E-state index in [0.29, 0.717) is 5.92 Å². The molecule has 0 aromatic rings. The first-order valence-corrected chi connectivity index (χ1v) is 6.21. The van der Waals surface area contributed by atoms with Crippen molar-refractivity contribution in [2.75, 3.05) is 0 Å². The predicted octanol–water partition coefficient (Wildman–Crippen LogP) is 2.90. The molecule has 2 nitrogen and oxygen atoms in total. The van der Waals surface area contributed by atoms with Gasteiger partial charge in [0.15, 0.2) is 5.78 Å². The summed E-state index contributed by atoms with van der Waals surface area (Å²) in [6.07, 6.45) is 7.44. The average molecular weight is 211 g/mol. The topological polar surface area (TPSA) is 43.1 Å². The SMILES string of the molecule is CC(C)(C)C(=O)[C@@H](N)CC1CCCCC1. The molecule has 1 aliphatic carbocycles. The Morgan fingerprint density at radius 1 is 1.27 bits per heavy atom. The summed E-state index contributed by atoms with van der Waals surface area (Å²) in [5, 5.41) is 0. The zero-order valence-electron chi connectivity index (χ0n) is 10.4. The zero-order valence-corrected chi connectivity index (χ0v) is 10.4. The molecule has 0 bridgehead atoms. The standard InChI is InChI=1S/C13H25NO/c1-13(2,3)12(15)11(14)9-10-7-5-4-6-8-10/h10-11H,4-9,14H2,1-3H3/t11-/m0/s1. The van der Waals surface area contributed by atoms with Crippen LogP contribution >= 0.6 is 0 Å². The molecule has 0 spiro atoms. The van der Waals surface area contributed by atoms with Gasteiger partial charge in [-0.25, -0.2) is 0 Å². The maximum absolute atomic E-state index is 11.9. The molecular formula is C13H25NO. The number of hydrogen-bond donors (Lipinski definition) is 1. The minimum absolute atomic E-state index is 0.216. The molecule has 0 radical (unpaired) electrons. The maximum Gasteiger partial charge on any atom is 0.154 e. The Morgan fingerprint density at radius 2 is 1.80 bits per heavy atom. The lowest BCUT2D eigenvalue weighted by atomic mass is 9.79. The van der Waals surface area contributed by atoms with E-state index in [1.54, 1.807) is 0 Å². The van der Waals surface area contributed by atoms with E-state index in [0.717, 1.165) is 6.42 Å². The van der Waals surface area contributed by atoms with Crippen LogP contribution in [0, 0.1) is 11.3 Å². The van der Waals surface area contributed by atoms with Crippen LogP contribution in [0.15, 0.2) is 0 Å². The van der Waals surface area contributed by atoms with Crippen LogP contribution in [0.5, 0.6) is 0 Å². The highest BCUT2D eigenvalue weighted by molar-refractivity contribution is 5.88. The summed E-state index contributed by atoms with van der Waals surface area (Å²) in [7, 11) is 0. The van der Waals surface area contributed by atoms with E-state index in [9.17, 15) is 4.79 Å². The molecule has 2 N–H and O–H groups in total. The lowest BCUT2D eigenvalue weighted by molar-refractivity contribution is -0.128. The highest BCUT2D eigenvalue weighted by Crippen LogP contribution is 2.28. The molecule has 0 aromatic heterocycles. The smallest absolute Gasteiger partial charge is 0.154 e. The van der Waals surface area contributed by atoms with Gasteiger partial charge < -0.3 is 5.73 Å². The van der Waals surface area contributed by atoms with Crippen LogP contribution in [-0.2, 0) is 4.79 Å². The van der Waals surface area contributed by atoms with Gasteiger partial charge in [-0.15, -0.1) is 0 Å². The van der Waals surface area contributed by atoms with Crippen molar-refractivity contribution in [1.29, 1.82) is 0 Å². The number of rotatable bonds is 3. The number of carbonyl (C=O) groups excluding carboxylic acids is 1. The van der Waals surface area contributed by atoms with Gasteiger partial charge in [0.25, 0.3) is 0 Å². The van der Waals surface area contributed by atoms with Crippen LogP contribution < -0.4 is 5.73 Å². The molecule has 0 amide bonds. The van der Waals surface area contributed by atoms with Crippen molar-refractivity contribution in [2.24, 2.45) is 17.1 Å². The Hall–Kier alpha value is -0.370. The van der Waals surface area contributed by atoms with Crippen molar-refractivity contribution >= 4 is 5.78 Å². The highest BCUT2D eigenvalue weighted by Gasteiger charge is 2.29. The van der Waals surface area contributed by atoms with Crippen LogP contribution in [-0.4, -0.2) is 11.8 Å². The second-order valence-electron chi connectivity index (χ2n) is 5.96. The van der Waals surface area contributed by atoms with E-state index < -0.39 is 0 Å². The Balaban J connectivity index is 2.40. The second-order valence-corrected chi connectivity index (χ2v) is 5.96. The summed E-state index contributed by atoms with van der Waals surface area (Å²) in [5.41, 5.74) is 5.70. The normalized spacial score (nSPS) is 21.3. The fourth-order valence-electron chi connectivity index (χ4n) is 2.45. The summed E-state index contributed by atoms with van der Waals surface area (Å²) in [6.45, 7) is 5.86. The first-order chi connectivity index (χ1) is 6.91. The second kappa shape index (κ2) is 5.11. The van der Waals surface area contributed by atoms with Gasteiger partial charge in [0, 0.05) is 5.41 Å². The third kappa shape index (κ3) is 3.94. The zero-order chi connectivity index (χ0) is 11.5. The van der Waals surface area contributed by atoms with E-state index in [-0.39, 0.29) is 17.2 Å². The van der Waals surface area contributed by atoms with Crippen molar-refractivity contribution < 1.29 is 4.79 Å². The van der Waals surface area contributed by atoms with Crippen LogP contribution in [0.1, 0.15) is 59.3 Å². The van der Waals surface area contributed by atoms with Gasteiger partial charge >= 0.3 is 0 Å². The molecule has 2 heteroatoms. The summed E-state index contributed by atoms with van der Waals surface area (Å²) < 4.78 is 0. The molecule has 1 aliphatic rings. The van der Waals surface area contributed by atoms with Crippen molar-refractivity contribution in [3.8, 4) is 0 Å². The molecule has 0 heterocycles. The van der Waals surface area contributed by atoms with Gasteiger partial charge in [0.2, 0.25) is 0 Å². The lowest BCUT2D eigenvalue weighted by Crippen LogP contribution is -2.40. The summed E-state index contributed by atoms with van der Waals surface area (Å²) >= 11 is 0. The number of Topliss-reactive ketones (excluding diaryl/α,β-unsaturated/α-hetero) is 1. The van der Waals surface area contributed by atoms with E-state index >= 15 is 0 Å². The molecule has 0 unspecified atom stereocenters. The van der Waals surface area contributed by atoms with Crippen LogP contribution in [0.4, 0.5) is 0 Å². The van der Waals surface area contributed by atoms with E-state index in [1.165, 1.54) is 32.1 Å². The summed E-state index contributed by atoms with van der Waals surface area (Å²) in [6, 6.07) is -0.243.